The Morgan fingerprint density at radius 3 is 2.60 bits per heavy atom. The summed E-state index contributed by atoms with van der Waals surface area (Å²) in [7, 11) is -1.25. The van der Waals surface area contributed by atoms with E-state index in [0.29, 0.717) is 53.6 Å². The van der Waals surface area contributed by atoms with Gasteiger partial charge in [0.1, 0.15) is 18.1 Å². The predicted molar refractivity (Wildman–Crippen MR) is 158 cm³/mol. The molecule has 0 unspecified atom stereocenters. The zero-order valence-corrected chi connectivity index (χ0v) is 25.3. The number of benzene rings is 1. The van der Waals surface area contributed by atoms with Crippen LogP contribution >= 0.6 is 0 Å². The van der Waals surface area contributed by atoms with Crippen LogP contribution in [0.5, 0.6) is 0 Å². The number of carbonyl (C=O) groups excluding carboxylic acids is 2. The van der Waals surface area contributed by atoms with Crippen LogP contribution < -0.4 is 5.73 Å². The Morgan fingerprint density at radius 1 is 1.14 bits per heavy atom. The number of alkyl halides is 3. The van der Waals surface area contributed by atoms with Gasteiger partial charge < -0.3 is 10.5 Å². The summed E-state index contributed by atoms with van der Waals surface area (Å²) in [5.41, 5.74) is 6.90. The van der Waals surface area contributed by atoms with E-state index in [1.807, 2.05) is 0 Å². The lowest BCUT2D eigenvalue weighted by Gasteiger charge is -2.37. The lowest BCUT2D eigenvalue weighted by molar-refractivity contribution is -0.148. The van der Waals surface area contributed by atoms with Crippen molar-refractivity contribution in [3.05, 3.63) is 59.5 Å². The third-order valence-corrected chi connectivity index (χ3v) is 8.99. The maximum absolute atomic E-state index is 14.0. The molecular formula is C29H34F3N7O3Si. The van der Waals surface area contributed by atoms with E-state index in [9.17, 15) is 22.8 Å². The first kappa shape index (κ1) is 30.4. The minimum Gasteiger partial charge on any atom is -0.383 e. The second kappa shape index (κ2) is 11.9. The number of aromatic nitrogens is 4. The van der Waals surface area contributed by atoms with E-state index in [-0.39, 0.29) is 36.9 Å². The van der Waals surface area contributed by atoms with Gasteiger partial charge in [0.15, 0.2) is 0 Å². The molecule has 10 nitrogen and oxygen atoms in total. The van der Waals surface area contributed by atoms with Crippen LogP contribution in [-0.4, -0.2) is 62.8 Å². The van der Waals surface area contributed by atoms with Gasteiger partial charge in [0.2, 0.25) is 5.91 Å². The van der Waals surface area contributed by atoms with Gasteiger partial charge in [0, 0.05) is 51.0 Å². The number of hydrogen-bond acceptors (Lipinski definition) is 7. The maximum atomic E-state index is 14.0. The molecule has 0 atom stereocenters. The van der Waals surface area contributed by atoms with E-state index in [0.717, 1.165) is 18.3 Å². The number of carbonyl (C=O) groups is 2. The highest BCUT2D eigenvalue weighted by atomic mass is 28.3. The monoisotopic (exact) mass is 613 g/mol. The van der Waals surface area contributed by atoms with Crippen molar-refractivity contribution in [2.24, 2.45) is 0 Å². The molecule has 1 fully saturated rings. The van der Waals surface area contributed by atoms with Crippen LogP contribution in [0.15, 0.2) is 42.7 Å². The summed E-state index contributed by atoms with van der Waals surface area (Å²) in [5, 5.41) is 8.49. The molecule has 2 N–H and O–H groups in total. The highest BCUT2D eigenvalue weighted by Gasteiger charge is 2.32. The lowest BCUT2D eigenvalue weighted by Crippen LogP contribution is -2.51. The largest absolute Gasteiger partial charge is 0.417 e. The van der Waals surface area contributed by atoms with Crippen LogP contribution in [0.4, 0.5) is 19.0 Å². The van der Waals surface area contributed by atoms with Crippen molar-refractivity contribution in [3.8, 4) is 0 Å². The molecule has 43 heavy (non-hydrogen) atoms. The Kier molecular flexibility index (Phi) is 8.43. The fourth-order valence-electron chi connectivity index (χ4n) is 4.86. The number of ether oxygens (including phenoxy) is 1. The summed E-state index contributed by atoms with van der Waals surface area (Å²) in [6.07, 6.45) is -0.399. The first-order valence-corrected chi connectivity index (χ1v) is 17.8. The van der Waals surface area contributed by atoms with Crippen molar-refractivity contribution >= 4 is 47.5 Å². The van der Waals surface area contributed by atoms with Crippen LogP contribution in [-0.2, 0) is 29.0 Å². The molecule has 0 spiro atoms. The molecule has 1 saturated heterocycles. The van der Waals surface area contributed by atoms with Crippen LogP contribution in [0.25, 0.3) is 21.8 Å². The molecule has 3 aromatic heterocycles. The van der Waals surface area contributed by atoms with E-state index >= 15 is 0 Å². The summed E-state index contributed by atoms with van der Waals surface area (Å²) < 4.78 is 46.7. The van der Waals surface area contributed by atoms with E-state index in [1.54, 1.807) is 29.1 Å². The third kappa shape index (κ3) is 6.96. The first-order valence-electron chi connectivity index (χ1n) is 14.1. The Hall–Kier alpha value is -4.04. The minimum absolute atomic E-state index is 0.181. The average Bonchev–Trinajstić information content (AvgIpc) is 3.39. The number of rotatable bonds is 9. The Morgan fingerprint density at radius 2 is 1.93 bits per heavy atom. The molecule has 1 aliphatic rings. The quantitative estimate of drug-likeness (QED) is 0.197. The third-order valence-electron chi connectivity index (χ3n) is 7.29. The maximum Gasteiger partial charge on any atom is 0.417 e. The highest BCUT2D eigenvalue weighted by Crippen LogP contribution is 2.30. The molecule has 1 aliphatic heterocycles. The second-order valence-electron chi connectivity index (χ2n) is 11.9. The van der Waals surface area contributed by atoms with Crippen LogP contribution in [0, 0.1) is 0 Å². The topological polar surface area (TPSA) is 119 Å². The number of fused-ring (bicyclic) bond motifs is 3. The lowest BCUT2D eigenvalue weighted by atomic mass is 10.1. The van der Waals surface area contributed by atoms with Crippen molar-refractivity contribution < 1.29 is 27.5 Å². The Labute approximate surface area is 247 Å². The molecule has 1 aromatic carbocycles. The summed E-state index contributed by atoms with van der Waals surface area (Å²) in [4.78, 5) is 35.2. The minimum atomic E-state index is -4.54. The van der Waals surface area contributed by atoms with E-state index in [1.165, 1.54) is 16.1 Å². The Bertz CT molecular complexity index is 1650. The molecule has 0 aliphatic carbocycles. The number of nitrogen functional groups attached to an aromatic ring is 1. The summed E-state index contributed by atoms with van der Waals surface area (Å²) >= 11 is 0. The van der Waals surface area contributed by atoms with Crippen molar-refractivity contribution in [1.82, 2.24) is 29.8 Å². The van der Waals surface area contributed by atoms with Crippen molar-refractivity contribution in [3.63, 3.8) is 0 Å². The molecule has 4 aromatic rings. The van der Waals surface area contributed by atoms with Gasteiger partial charge in [-0.1, -0.05) is 19.6 Å². The molecule has 14 heteroatoms. The number of hydrogen-bond donors (Lipinski definition) is 1. The van der Waals surface area contributed by atoms with Gasteiger partial charge in [-0.15, -0.1) is 0 Å². The zero-order valence-electron chi connectivity index (χ0n) is 24.3. The van der Waals surface area contributed by atoms with Crippen molar-refractivity contribution in [2.45, 2.75) is 64.4 Å². The van der Waals surface area contributed by atoms with Crippen LogP contribution in [0.3, 0.4) is 0 Å². The number of nitrogens with two attached hydrogens (primary N) is 1. The van der Waals surface area contributed by atoms with Gasteiger partial charge in [0.05, 0.1) is 28.7 Å². The number of amides is 2. The van der Waals surface area contributed by atoms with Gasteiger partial charge in [-0.05, 0) is 49.2 Å². The van der Waals surface area contributed by atoms with Gasteiger partial charge >= 0.3 is 6.18 Å². The molecule has 0 radical (unpaired) electrons. The van der Waals surface area contributed by atoms with Gasteiger partial charge in [-0.25, -0.2) is 14.7 Å². The molecule has 228 valence electrons. The van der Waals surface area contributed by atoms with E-state index in [4.69, 9.17) is 10.5 Å². The highest BCUT2D eigenvalue weighted by molar-refractivity contribution is 6.76. The zero-order chi connectivity index (χ0) is 30.9. The molecule has 0 bridgehead atoms. The predicted octanol–water partition coefficient (Wildman–Crippen LogP) is 5.46. The molecule has 5 rings (SSSR count). The standard InChI is InChI=1S/C29H34F3N7O3Si/c1-43(2,3)13-12-42-18-37-17-23-26(36-37)22-14-19(7-10-24(22)35-27(23)33)28(41)39(38-11-5-4-6-25(38)40)16-21-9-8-20(15-34-21)29(30,31)32/h7-10,14-15,17H,4-6,11-13,16,18H2,1-3H3,(H2,33,35). The smallest absolute Gasteiger partial charge is 0.383 e. The van der Waals surface area contributed by atoms with Gasteiger partial charge in [-0.3, -0.25) is 19.6 Å². The first-order chi connectivity index (χ1) is 20.3. The molecule has 2 amide bonds. The van der Waals surface area contributed by atoms with Crippen molar-refractivity contribution in [1.29, 1.82) is 0 Å². The van der Waals surface area contributed by atoms with Crippen LogP contribution in [0.2, 0.25) is 25.7 Å². The molecular weight excluding hydrogens is 579 g/mol. The number of anilines is 1. The fraction of sp³-hybridized carbons (Fsp3) is 0.414. The SMILES string of the molecule is C[Si](C)(C)CCOCn1cc2c(N)nc3ccc(C(=O)N(Cc4ccc(C(F)(F)F)cn4)N4CCCCC4=O)cc3c2n1. The Balaban J connectivity index is 1.46. The number of nitrogens with zero attached hydrogens (tertiary/aromatic N) is 6. The number of halogens is 3. The summed E-state index contributed by atoms with van der Waals surface area (Å²) in [6, 6.07) is 8.04. The second-order valence-corrected chi connectivity index (χ2v) is 17.5. The molecule has 4 heterocycles. The number of hydrazine groups is 1. The average molecular weight is 614 g/mol. The van der Waals surface area contributed by atoms with Crippen molar-refractivity contribution in [2.75, 3.05) is 18.9 Å². The summed E-state index contributed by atoms with van der Waals surface area (Å²) in [5.74, 6) is -0.446. The van der Waals surface area contributed by atoms with Gasteiger partial charge in [-0.2, -0.15) is 18.3 Å². The number of piperidine rings is 1. The molecule has 0 saturated carbocycles. The van der Waals surface area contributed by atoms with E-state index < -0.39 is 25.7 Å². The van der Waals surface area contributed by atoms with E-state index in [2.05, 4.69) is 34.7 Å². The van der Waals surface area contributed by atoms with Crippen LogP contribution in [0.1, 0.15) is 40.9 Å². The van der Waals surface area contributed by atoms with Gasteiger partial charge in [0.25, 0.3) is 5.91 Å². The summed E-state index contributed by atoms with van der Waals surface area (Å²) in [6.45, 7) is 7.82. The normalized spacial score (nSPS) is 14.6. The number of pyridine rings is 2. The fourth-order valence-corrected chi connectivity index (χ4v) is 5.62.